The first-order chi connectivity index (χ1) is 15.1. The summed E-state index contributed by atoms with van der Waals surface area (Å²) in [6, 6.07) is 1.18. The summed E-state index contributed by atoms with van der Waals surface area (Å²) >= 11 is 0. The molecule has 0 saturated carbocycles. The fourth-order valence-electron chi connectivity index (χ4n) is 3.96. The summed E-state index contributed by atoms with van der Waals surface area (Å²) in [5.74, 6) is 0. The van der Waals surface area contributed by atoms with Gasteiger partial charge in [0.2, 0.25) is 0 Å². The molecule has 0 radical (unpaired) electrons. The number of phosphoric acid groups is 1. The molecular weight excluding hydrogens is 443 g/mol. The van der Waals surface area contributed by atoms with Crippen molar-refractivity contribution in [2.45, 2.75) is 96.0 Å². The number of nitrogens with one attached hydrogen (secondary N) is 1. The molecule has 2 rings (SSSR count). The van der Waals surface area contributed by atoms with Crippen LogP contribution in [0.25, 0.3) is 0 Å². The molecule has 32 heavy (non-hydrogen) atoms. The van der Waals surface area contributed by atoms with Gasteiger partial charge in [0, 0.05) is 19.4 Å². The summed E-state index contributed by atoms with van der Waals surface area (Å²) in [6.45, 7) is 5.75. The van der Waals surface area contributed by atoms with E-state index in [0.717, 1.165) is 32.1 Å². The molecule has 1 aromatic rings. The van der Waals surface area contributed by atoms with Crippen LogP contribution in [0.1, 0.15) is 65.5 Å². The standard InChI is InChI=1S/C20H35N2O9P/c1-5-7-8-9-10-13(3)29-17-16(14(6-2)31-32(25,26)27)30-19(18(17)28-4)22-12-11-15(23)21-20(22)24/h11-14,16-19H,5-10H2,1-4H3,(H,21,23,24)(H2,25,26,27). The van der Waals surface area contributed by atoms with Gasteiger partial charge in [-0.2, -0.15) is 0 Å². The average Bonchev–Trinajstić information content (AvgIpc) is 3.06. The third-order valence-electron chi connectivity index (χ3n) is 5.52. The lowest BCUT2D eigenvalue weighted by Crippen LogP contribution is -2.44. The molecule has 184 valence electrons. The summed E-state index contributed by atoms with van der Waals surface area (Å²) in [5, 5.41) is 0. The second kappa shape index (κ2) is 12.2. The van der Waals surface area contributed by atoms with Gasteiger partial charge in [-0.25, -0.2) is 9.36 Å². The van der Waals surface area contributed by atoms with Gasteiger partial charge in [-0.05, 0) is 19.8 Å². The molecule has 0 aromatic carbocycles. The summed E-state index contributed by atoms with van der Waals surface area (Å²) in [7, 11) is -3.37. The maximum atomic E-state index is 12.4. The first kappa shape index (κ1) is 26.9. The number of ether oxygens (including phenoxy) is 3. The zero-order valence-electron chi connectivity index (χ0n) is 19.0. The minimum atomic E-state index is -4.81. The molecule has 3 N–H and O–H groups in total. The van der Waals surface area contributed by atoms with Gasteiger partial charge in [-0.1, -0.05) is 39.5 Å². The molecule has 1 aromatic heterocycles. The predicted octanol–water partition coefficient (Wildman–Crippen LogP) is 2.08. The predicted molar refractivity (Wildman–Crippen MR) is 116 cm³/mol. The number of rotatable bonds is 13. The van der Waals surface area contributed by atoms with E-state index in [2.05, 4.69) is 11.9 Å². The summed E-state index contributed by atoms with van der Waals surface area (Å²) in [4.78, 5) is 44.7. The van der Waals surface area contributed by atoms with Gasteiger partial charge in [0.15, 0.2) is 6.23 Å². The minimum Gasteiger partial charge on any atom is -0.374 e. The van der Waals surface area contributed by atoms with E-state index in [0.29, 0.717) is 0 Å². The number of methoxy groups -OCH3 is 1. The van der Waals surface area contributed by atoms with Crippen molar-refractivity contribution in [1.82, 2.24) is 9.55 Å². The van der Waals surface area contributed by atoms with Gasteiger partial charge in [0.1, 0.15) is 18.3 Å². The van der Waals surface area contributed by atoms with Crippen LogP contribution in [0.2, 0.25) is 0 Å². The molecule has 1 aliphatic heterocycles. The first-order valence-electron chi connectivity index (χ1n) is 11.0. The van der Waals surface area contributed by atoms with Crippen molar-refractivity contribution in [3.8, 4) is 0 Å². The van der Waals surface area contributed by atoms with Crippen molar-refractivity contribution >= 4 is 7.82 Å². The molecule has 1 fully saturated rings. The lowest BCUT2D eigenvalue weighted by molar-refractivity contribution is -0.111. The molecule has 1 saturated heterocycles. The molecule has 0 spiro atoms. The Morgan fingerprint density at radius 1 is 1.22 bits per heavy atom. The van der Waals surface area contributed by atoms with Crippen molar-refractivity contribution in [2.24, 2.45) is 0 Å². The van der Waals surface area contributed by atoms with E-state index < -0.39 is 49.7 Å². The van der Waals surface area contributed by atoms with Crippen LogP contribution in [-0.4, -0.2) is 57.0 Å². The molecule has 6 atom stereocenters. The third kappa shape index (κ3) is 7.34. The molecule has 0 bridgehead atoms. The Balaban J connectivity index is 2.33. The Labute approximate surface area is 187 Å². The zero-order chi connectivity index (χ0) is 23.9. The Morgan fingerprint density at radius 3 is 2.50 bits per heavy atom. The number of phosphoric ester groups is 1. The molecule has 6 unspecified atom stereocenters. The molecule has 0 amide bonds. The van der Waals surface area contributed by atoms with Gasteiger partial charge >= 0.3 is 13.5 Å². The van der Waals surface area contributed by atoms with Crippen molar-refractivity contribution in [2.75, 3.05) is 7.11 Å². The van der Waals surface area contributed by atoms with Crippen molar-refractivity contribution < 1.29 is 33.1 Å². The molecule has 2 heterocycles. The van der Waals surface area contributed by atoms with Gasteiger partial charge in [-0.15, -0.1) is 0 Å². The highest BCUT2D eigenvalue weighted by Crippen LogP contribution is 2.43. The highest BCUT2D eigenvalue weighted by Gasteiger charge is 2.51. The normalized spacial score (nSPS) is 25.7. The first-order valence-corrected chi connectivity index (χ1v) is 12.5. The third-order valence-corrected chi connectivity index (χ3v) is 6.06. The van der Waals surface area contributed by atoms with Crippen LogP contribution >= 0.6 is 7.82 Å². The molecule has 1 aliphatic rings. The van der Waals surface area contributed by atoms with Gasteiger partial charge in [-0.3, -0.25) is 18.9 Å². The van der Waals surface area contributed by atoms with Crippen LogP contribution in [0.5, 0.6) is 0 Å². The smallest absolute Gasteiger partial charge is 0.374 e. The van der Waals surface area contributed by atoms with E-state index in [-0.39, 0.29) is 12.5 Å². The Kier molecular flexibility index (Phi) is 10.3. The van der Waals surface area contributed by atoms with Crippen molar-refractivity contribution in [1.29, 1.82) is 0 Å². The molecular formula is C20H35N2O9P. The van der Waals surface area contributed by atoms with Crippen LogP contribution in [0.4, 0.5) is 0 Å². The lowest BCUT2D eigenvalue weighted by atomic mass is 10.0. The number of aromatic nitrogens is 2. The number of nitrogens with zero attached hydrogens (tertiary/aromatic N) is 1. The van der Waals surface area contributed by atoms with E-state index >= 15 is 0 Å². The van der Waals surface area contributed by atoms with Gasteiger partial charge in [0.05, 0.1) is 12.2 Å². The van der Waals surface area contributed by atoms with Gasteiger partial charge in [0.25, 0.3) is 5.56 Å². The van der Waals surface area contributed by atoms with Crippen LogP contribution < -0.4 is 11.2 Å². The second-order valence-electron chi connectivity index (χ2n) is 8.01. The van der Waals surface area contributed by atoms with Gasteiger partial charge < -0.3 is 24.0 Å². The second-order valence-corrected chi connectivity index (χ2v) is 9.20. The fourth-order valence-corrected chi connectivity index (χ4v) is 4.58. The number of aromatic amines is 1. The molecule has 0 aliphatic carbocycles. The Hall–Kier alpha value is -1.33. The number of unbranched alkanes of at least 4 members (excludes halogenated alkanes) is 3. The summed E-state index contributed by atoms with van der Waals surface area (Å²) < 4.78 is 35.6. The van der Waals surface area contributed by atoms with Crippen molar-refractivity contribution in [3.05, 3.63) is 33.1 Å². The largest absolute Gasteiger partial charge is 0.469 e. The van der Waals surface area contributed by atoms with Crippen LogP contribution in [0, 0.1) is 0 Å². The van der Waals surface area contributed by atoms with Crippen molar-refractivity contribution in [3.63, 3.8) is 0 Å². The van der Waals surface area contributed by atoms with E-state index in [1.807, 2.05) is 6.92 Å². The number of hydrogen-bond donors (Lipinski definition) is 3. The summed E-state index contributed by atoms with van der Waals surface area (Å²) in [5.41, 5.74) is -1.25. The van der Waals surface area contributed by atoms with E-state index in [4.69, 9.17) is 18.7 Å². The van der Waals surface area contributed by atoms with E-state index in [1.54, 1.807) is 6.92 Å². The highest BCUT2D eigenvalue weighted by atomic mass is 31.2. The van der Waals surface area contributed by atoms with Crippen LogP contribution in [-0.2, 0) is 23.3 Å². The van der Waals surface area contributed by atoms with Crippen LogP contribution in [0.15, 0.2) is 21.9 Å². The molecule has 11 nitrogen and oxygen atoms in total. The number of hydrogen-bond acceptors (Lipinski definition) is 7. The molecule has 12 heteroatoms. The number of H-pyrrole nitrogens is 1. The van der Waals surface area contributed by atoms with E-state index in [9.17, 15) is 23.9 Å². The van der Waals surface area contributed by atoms with E-state index in [1.165, 1.54) is 23.9 Å². The highest BCUT2D eigenvalue weighted by molar-refractivity contribution is 7.46. The monoisotopic (exact) mass is 478 g/mol. The average molecular weight is 478 g/mol. The van der Waals surface area contributed by atoms with Crippen LogP contribution in [0.3, 0.4) is 0 Å². The Bertz CT molecular complexity index is 867. The Morgan fingerprint density at radius 2 is 1.94 bits per heavy atom. The zero-order valence-corrected chi connectivity index (χ0v) is 19.9. The maximum Gasteiger partial charge on any atom is 0.469 e. The summed E-state index contributed by atoms with van der Waals surface area (Å²) in [6.07, 6.45) is 1.98. The maximum absolute atomic E-state index is 12.4. The minimum absolute atomic E-state index is 0.181. The quantitative estimate of drug-likeness (QED) is 0.286. The topological polar surface area (TPSA) is 149 Å². The lowest BCUT2D eigenvalue weighted by Gasteiger charge is -2.30. The fraction of sp³-hybridized carbons (Fsp3) is 0.800. The SMILES string of the molecule is CCCCCCC(C)OC1C(C(CC)OP(=O)(O)O)OC(n2ccc(=O)[nH]c2=O)C1OC.